The number of carbonyl (C=O) groups excluding carboxylic acids is 1. The van der Waals surface area contributed by atoms with E-state index in [1.165, 1.54) is 17.0 Å². The molecule has 0 spiro atoms. The van der Waals surface area contributed by atoms with E-state index in [0.717, 1.165) is 12.2 Å². The fourth-order valence-electron chi connectivity index (χ4n) is 1.92. The van der Waals surface area contributed by atoms with Crippen LogP contribution in [-0.4, -0.2) is 16.6 Å². The van der Waals surface area contributed by atoms with Gasteiger partial charge >= 0.3 is 5.97 Å². The fraction of sp³-hybridized carbons (Fsp3) is 0.235. The number of nitrogens with zero attached hydrogens (tertiary/aromatic N) is 1. The second kappa shape index (κ2) is 8.95. The molecular formula is C17H17NO4S. The van der Waals surface area contributed by atoms with Crippen molar-refractivity contribution in [2.75, 3.05) is 5.75 Å². The fourth-order valence-corrected chi connectivity index (χ4v) is 2.79. The van der Waals surface area contributed by atoms with Crippen LogP contribution >= 0.6 is 11.8 Å². The molecule has 0 aliphatic heterocycles. The Bertz CT molecular complexity index is 661. The summed E-state index contributed by atoms with van der Waals surface area (Å²) in [7, 11) is 0. The number of hydrogen-bond donors (Lipinski definition) is 0. The molecule has 0 aromatic heterocycles. The Balaban J connectivity index is 1.67. The number of hydrogen-bond acceptors (Lipinski definition) is 5. The molecule has 0 fully saturated rings. The van der Waals surface area contributed by atoms with E-state index < -0.39 is 4.92 Å². The van der Waals surface area contributed by atoms with Crippen molar-refractivity contribution in [3.8, 4) is 0 Å². The van der Waals surface area contributed by atoms with Crippen molar-refractivity contribution < 1.29 is 14.5 Å². The molecule has 0 bridgehead atoms. The summed E-state index contributed by atoms with van der Waals surface area (Å²) in [5.41, 5.74) is 0.615. The number of thioether (sulfide) groups is 1. The van der Waals surface area contributed by atoms with Gasteiger partial charge in [0.15, 0.2) is 0 Å². The van der Waals surface area contributed by atoms with Gasteiger partial charge in [0, 0.05) is 23.4 Å². The highest BCUT2D eigenvalue weighted by Gasteiger charge is 2.08. The molecule has 0 amide bonds. The second-order valence-electron chi connectivity index (χ2n) is 4.85. The van der Waals surface area contributed by atoms with E-state index in [-0.39, 0.29) is 18.3 Å². The third kappa shape index (κ3) is 6.12. The monoisotopic (exact) mass is 331 g/mol. The first-order valence-corrected chi connectivity index (χ1v) is 8.20. The Morgan fingerprint density at radius 2 is 1.91 bits per heavy atom. The average molecular weight is 331 g/mol. The van der Waals surface area contributed by atoms with Crippen LogP contribution in [0.2, 0.25) is 0 Å². The van der Waals surface area contributed by atoms with Crippen LogP contribution < -0.4 is 0 Å². The predicted molar refractivity (Wildman–Crippen MR) is 89.3 cm³/mol. The van der Waals surface area contributed by atoms with Crippen molar-refractivity contribution in [2.24, 2.45) is 0 Å². The van der Waals surface area contributed by atoms with Crippen LogP contribution in [0.25, 0.3) is 0 Å². The first kappa shape index (κ1) is 17.0. The van der Waals surface area contributed by atoms with Crippen molar-refractivity contribution in [3.05, 3.63) is 70.3 Å². The van der Waals surface area contributed by atoms with Gasteiger partial charge in [-0.2, -0.15) is 0 Å². The Labute approximate surface area is 138 Å². The molecule has 0 aliphatic carbocycles. The average Bonchev–Trinajstić information content (AvgIpc) is 2.58. The lowest BCUT2D eigenvalue weighted by atomic mass is 10.2. The van der Waals surface area contributed by atoms with E-state index in [2.05, 4.69) is 0 Å². The summed E-state index contributed by atoms with van der Waals surface area (Å²) in [5, 5.41) is 10.7. The van der Waals surface area contributed by atoms with Crippen LogP contribution in [0.1, 0.15) is 18.4 Å². The van der Waals surface area contributed by atoms with E-state index in [1.807, 2.05) is 30.3 Å². The lowest BCUT2D eigenvalue weighted by molar-refractivity contribution is -0.384. The summed E-state index contributed by atoms with van der Waals surface area (Å²) in [6.45, 7) is 0.0618. The molecule has 0 unspecified atom stereocenters. The third-order valence-corrected chi connectivity index (χ3v) is 4.16. The van der Waals surface area contributed by atoms with Crippen LogP contribution in [-0.2, 0) is 16.1 Å². The summed E-state index contributed by atoms with van der Waals surface area (Å²) in [5.74, 6) is 0.556. The molecule has 0 radical (unpaired) electrons. The minimum Gasteiger partial charge on any atom is -0.461 e. The maximum absolute atomic E-state index is 11.7. The van der Waals surface area contributed by atoms with Crippen LogP contribution in [0, 0.1) is 10.1 Å². The summed E-state index contributed by atoms with van der Waals surface area (Å²) in [6.07, 6.45) is 1.07. The largest absolute Gasteiger partial charge is 0.461 e. The molecule has 0 atom stereocenters. The minimum absolute atomic E-state index is 0.00203. The van der Waals surface area contributed by atoms with Crippen molar-refractivity contribution in [1.29, 1.82) is 0 Å². The summed E-state index contributed by atoms with van der Waals surface area (Å²) in [4.78, 5) is 23.1. The van der Waals surface area contributed by atoms with E-state index in [0.29, 0.717) is 12.0 Å². The molecule has 0 N–H and O–H groups in total. The number of ether oxygens (including phenoxy) is 1. The Morgan fingerprint density at radius 1 is 1.13 bits per heavy atom. The van der Waals surface area contributed by atoms with Crippen molar-refractivity contribution in [2.45, 2.75) is 24.3 Å². The number of non-ortho nitro benzene ring substituents is 1. The van der Waals surface area contributed by atoms with Gasteiger partial charge in [-0.25, -0.2) is 0 Å². The zero-order chi connectivity index (χ0) is 16.5. The highest BCUT2D eigenvalue weighted by molar-refractivity contribution is 7.99. The molecule has 2 aromatic carbocycles. The van der Waals surface area contributed by atoms with Crippen LogP contribution in [0.15, 0.2) is 59.5 Å². The van der Waals surface area contributed by atoms with Gasteiger partial charge in [0.2, 0.25) is 0 Å². The number of nitro groups is 1. The van der Waals surface area contributed by atoms with Crippen LogP contribution in [0.5, 0.6) is 0 Å². The first-order valence-electron chi connectivity index (χ1n) is 7.22. The molecule has 120 valence electrons. The molecular weight excluding hydrogens is 314 g/mol. The summed E-state index contributed by atoms with van der Waals surface area (Å²) >= 11 is 1.70. The smallest absolute Gasteiger partial charge is 0.306 e. The molecule has 0 aliphatic rings. The van der Waals surface area contributed by atoms with Gasteiger partial charge in [0.05, 0.1) is 4.92 Å². The topological polar surface area (TPSA) is 69.4 Å². The van der Waals surface area contributed by atoms with Crippen LogP contribution in [0.4, 0.5) is 5.69 Å². The highest BCUT2D eigenvalue weighted by Crippen LogP contribution is 2.19. The Hall–Kier alpha value is -2.34. The third-order valence-electron chi connectivity index (χ3n) is 3.06. The molecule has 6 heteroatoms. The first-order chi connectivity index (χ1) is 11.1. The number of esters is 1. The quantitative estimate of drug-likeness (QED) is 0.238. The standard InChI is InChI=1S/C17H17NO4S/c19-17(10-5-11-23-16-8-2-1-3-9-16)22-13-14-6-4-7-15(12-14)18(20)21/h1-4,6-9,12H,5,10-11,13H2. The van der Waals surface area contributed by atoms with Crippen molar-refractivity contribution in [3.63, 3.8) is 0 Å². The highest BCUT2D eigenvalue weighted by atomic mass is 32.2. The summed E-state index contributed by atoms with van der Waals surface area (Å²) in [6, 6.07) is 16.1. The predicted octanol–water partition coefficient (Wildman–Crippen LogP) is 4.21. The molecule has 2 rings (SSSR count). The van der Waals surface area contributed by atoms with Gasteiger partial charge in [-0.3, -0.25) is 14.9 Å². The van der Waals surface area contributed by atoms with Crippen molar-refractivity contribution >= 4 is 23.4 Å². The van der Waals surface area contributed by atoms with Crippen LogP contribution in [0.3, 0.4) is 0 Å². The maximum atomic E-state index is 11.7. The number of carbonyl (C=O) groups is 1. The second-order valence-corrected chi connectivity index (χ2v) is 6.02. The molecule has 2 aromatic rings. The summed E-state index contributed by atoms with van der Waals surface area (Å²) < 4.78 is 5.14. The zero-order valence-corrected chi connectivity index (χ0v) is 13.3. The number of rotatable bonds is 8. The van der Waals surface area contributed by atoms with Gasteiger partial charge < -0.3 is 4.74 Å². The minimum atomic E-state index is -0.466. The van der Waals surface area contributed by atoms with Gasteiger partial charge in [-0.15, -0.1) is 11.8 Å². The normalized spacial score (nSPS) is 10.3. The lowest BCUT2D eigenvalue weighted by Crippen LogP contribution is -2.05. The van der Waals surface area contributed by atoms with Gasteiger partial charge in [0.1, 0.15) is 6.61 Å². The Kier molecular flexibility index (Phi) is 6.62. The van der Waals surface area contributed by atoms with E-state index >= 15 is 0 Å². The molecule has 0 saturated carbocycles. The number of nitro benzene ring substituents is 1. The molecule has 5 nitrogen and oxygen atoms in total. The van der Waals surface area contributed by atoms with E-state index in [1.54, 1.807) is 23.9 Å². The van der Waals surface area contributed by atoms with Gasteiger partial charge in [-0.1, -0.05) is 30.3 Å². The number of benzene rings is 2. The maximum Gasteiger partial charge on any atom is 0.306 e. The zero-order valence-electron chi connectivity index (χ0n) is 12.5. The van der Waals surface area contributed by atoms with Gasteiger partial charge in [0.25, 0.3) is 5.69 Å². The van der Waals surface area contributed by atoms with Gasteiger partial charge in [-0.05, 0) is 29.9 Å². The molecule has 23 heavy (non-hydrogen) atoms. The van der Waals surface area contributed by atoms with Crippen molar-refractivity contribution in [1.82, 2.24) is 0 Å². The molecule has 0 saturated heterocycles. The Morgan fingerprint density at radius 3 is 2.65 bits per heavy atom. The lowest BCUT2D eigenvalue weighted by Gasteiger charge is -2.05. The van der Waals surface area contributed by atoms with E-state index in [4.69, 9.17) is 4.74 Å². The van der Waals surface area contributed by atoms with E-state index in [9.17, 15) is 14.9 Å². The molecule has 0 heterocycles. The SMILES string of the molecule is O=C(CCCSc1ccccc1)OCc1cccc([N+](=O)[O-])c1.